The van der Waals surface area contributed by atoms with Crippen molar-refractivity contribution in [3.63, 3.8) is 0 Å². The summed E-state index contributed by atoms with van der Waals surface area (Å²) in [5.74, 6) is 0.321. The molecular formula is C30H36N2O8. The largest absolute Gasteiger partial charge is 0.507 e. The number of hydrogen-bond donors (Lipinski definition) is 1. The van der Waals surface area contributed by atoms with E-state index in [9.17, 15) is 14.7 Å². The second kappa shape index (κ2) is 11.8. The Hall–Kier alpha value is -3.76. The van der Waals surface area contributed by atoms with Gasteiger partial charge in [0.1, 0.15) is 17.6 Å². The molecule has 2 aromatic rings. The Bertz CT molecular complexity index is 1290. The SMILES string of the molecule is COc1cc(C2/C(=C(\O)c3ccc4c(c3)CC(C)O4)C(=O)C(=O)N2CCCN2CCOCC2)cc(OC)c1OC. The van der Waals surface area contributed by atoms with Crippen molar-refractivity contribution in [1.29, 1.82) is 0 Å². The molecule has 2 aromatic carbocycles. The van der Waals surface area contributed by atoms with Gasteiger partial charge in [0.2, 0.25) is 5.75 Å². The molecule has 2 fully saturated rings. The zero-order valence-electron chi connectivity index (χ0n) is 23.4. The monoisotopic (exact) mass is 552 g/mol. The predicted molar refractivity (Wildman–Crippen MR) is 147 cm³/mol. The molecule has 1 N–H and O–H groups in total. The molecule has 0 saturated carbocycles. The number of benzene rings is 2. The average Bonchev–Trinajstić information content (AvgIpc) is 3.47. The highest BCUT2D eigenvalue weighted by Crippen LogP contribution is 2.46. The van der Waals surface area contributed by atoms with E-state index in [1.165, 1.54) is 26.2 Å². The fourth-order valence-electron chi connectivity index (χ4n) is 5.73. The van der Waals surface area contributed by atoms with Gasteiger partial charge in [-0.2, -0.15) is 0 Å². The molecule has 3 aliphatic heterocycles. The van der Waals surface area contributed by atoms with Crippen LogP contribution in [-0.2, 0) is 20.7 Å². The number of nitrogens with zero attached hydrogens (tertiary/aromatic N) is 2. The maximum absolute atomic E-state index is 13.5. The molecule has 2 atom stereocenters. The highest BCUT2D eigenvalue weighted by molar-refractivity contribution is 6.46. The molecule has 10 nitrogen and oxygen atoms in total. The van der Waals surface area contributed by atoms with Crippen LogP contribution in [0.2, 0.25) is 0 Å². The number of rotatable bonds is 9. The molecule has 3 aliphatic rings. The summed E-state index contributed by atoms with van der Waals surface area (Å²) in [5, 5.41) is 11.6. The average molecular weight is 553 g/mol. The van der Waals surface area contributed by atoms with Gasteiger partial charge in [0.25, 0.3) is 11.7 Å². The summed E-state index contributed by atoms with van der Waals surface area (Å²) in [6.45, 7) is 6.09. The number of aliphatic hydroxyl groups is 1. The highest BCUT2D eigenvalue weighted by atomic mass is 16.5. The number of ether oxygens (including phenoxy) is 5. The van der Waals surface area contributed by atoms with E-state index >= 15 is 0 Å². The molecule has 0 radical (unpaired) electrons. The van der Waals surface area contributed by atoms with E-state index in [0.717, 1.165) is 30.9 Å². The van der Waals surface area contributed by atoms with Gasteiger partial charge in [0, 0.05) is 38.2 Å². The smallest absolute Gasteiger partial charge is 0.295 e. The Morgan fingerprint density at radius 1 is 1.00 bits per heavy atom. The van der Waals surface area contributed by atoms with Crippen LogP contribution in [0.15, 0.2) is 35.9 Å². The molecule has 214 valence electrons. The molecular weight excluding hydrogens is 516 g/mol. The van der Waals surface area contributed by atoms with Crippen LogP contribution in [-0.4, -0.2) is 93.4 Å². The van der Waals surface area contributed by atoms with E-state index in [1.807, 2.05) is 13.0 Å². The number of aliphatic hydroxyl groups excluding tert-OH is 1. The molecule has 40 heavy (non-hydrogen) atoms. The zero-order chi connectivity index (χ0) is 28.4. The van der Waals surface area contributed by atoms with Crippen LogP contribution in [0.4, 0.5) is 0 Å². The second-order valence-electron chi connectivity index (χ2n) is 10.2. The molecule has 0 bridgehead atoms. The molecule has 3 heterocycles. The van der Waals surface area contributed by atoms with Crippen molar-refractivity contribution < 1.29 is 38.4 Å². The Morgan fingerprint density at radius 3 is 2.35 bits per heavy atom. The van der Waals surface area contributed by atoms with Crippen LogP contribution in [0.1, 0.15) is 36.1 Å². The van der Waals surface area contributed by atoms with Crippen molar-refractivity contribution >= 4 is 17.4 Å². The normalized spacial score (nSPS) is 22.2. The molecule has 0 aromatic heterocycles. The van der Waals surface area contributed by atoms with Gasteiger partial charge in [0.05, 0.1) is 46.2 Å². The van der Waals surface area contributed by atoms with Crippen LogP contribution in [0.25, 0.3) is 5.76 Å². The molecule has 0 aliphatic carbocycles. The lowest BCUT2D eigenvalue weighted by molar-refractivity contribution is -0.140. The van der Waals surface area contributed by atoms with Gasteiger partial charge in [-0.1, -0.05) is 0 Å². The maximum atomic E-state index is 13.5. The van der Waals surface area contributed by atoms with E-state index in [2.05, 4.69) is 4.90 Å². The van der Waals surface area contributed by atoms with Crippen molar-refractivity contribution in [2.75, 3.05) is 60.7 Å². The minimum Gasteiger partial charge on any atom is -0.507 e. The van der Waals surface area contributed by atoms with Crippen molar-refractivity contribution in [3.8, 4) is 23.0 Å². The third-order valence-corrected chi connectivity index (χ3v) is 7.69. The molecule has 5 rings (SSSR count). The van der Waals surface area contributed by atoms with Crippen LogP contribution in [0.3, 0.4) is 0 Å². The molecule has 2 unspecified atom stereocenters. The van der Waals surface area contributed by atoms with Crippen LogP contribution in [0, 0.1) is 0 Å². The van der Waals surface area contributed by atoms with Gasteiger partial charge in [0.15, 0.2) is 11.5 Å². The number of ketones is 1. The minimum atomic E-state index is -0.846. The number of likely N-dealkylation sites (tertiary alicyclic amines) is 1. The van der Waals surface area contributed by atoms with E-state index in [0.29, 0.717) is 61.0 Å². The minimum absolute atomic E-state index is 0.0255. The standard InChI is InChI=1S/C30H36N2O8/c1-18-14-20-15-19(6-7-22(20)40-18)27(33)25-26(21-16-23(36-2)29(38-4)24(17-21)37-3)32(30(35)28(25)34)9-5-8-31-10-12-39-13-11-31/h6-7,15-18,26,33H,5,8-14H2,1-4H3/b27-25+. The number of amides is 1. The number of carbonyl (C=O) groups excluding carboxylic acids is 2. The van der Waals surface area contributed by atoms with Crippen LogP contribution < -0.4 is 18.9 Å². The summed E-state index contributed by atoms with van der Waals surface area (Å²) < 4.78 is 27.9. The summed E-state index contributed by atoms with van der Waals surface area (Å²) in [5.41, 5.74) is 2.00. The number of fused-ring (bicyclic) bond motifs is 1. The van der Waals surface area contributed by atoms with Gasteiger partial charge in [-0.25, -0.2) is 0 Å². The number of hydrogen-bond acceptors (Lipinski definition) is 9. The first kappa shape index (κ1) is 27.8. The molecule has 2 saturated heterocycles. The van der Waals surface area contributed by atoms with E-state index < -0.39 is 17.7 Å². The summed E-state index contributed by atoms with van der Waals surface area (Å²) in [7, 11) is 4.53. The predicted octanol–water partition coefficient (Wildman–Crippen LogP) is 3.18. The number of carbonyl (C=O) groups is 2. The first-order valence-electron chi connectivity index (χ1n) is 13.5. The number of Topliss-reactive ketones (excluding diaryl/α,β-unsaturated/α-hetero) is 1. The van der Waals surface area contributed by atoms with E-state index in [4.69, 9.17) is 23.7 Å². The fourth-order valence-corrected chi connectivity index (χ4v) is 5.73. The second-order valence-corrected chi connectivity index (χ2v) is 10.2. The number of methoxy groups -OCH3 is 3. The Labute approximate surface area is 234 Å². The quantitative estimate of drug-likeness (QED) is 0.285. The topological polar surface area (TPSA) is 107 Å². The molecule has 1 amide bonds. The van der Waals surface area contributed by atoms with Gasteiger partial charge >= 0.3 is 0 Å². The van der Waals surface area contributed by atoms with Crippen molar-refractivity contribution in [2.24, 2.45) is 0 Å². The van der Waals surface area contributed by atoms with E-state index in [1.54, 1.807) is 24.3 Å². The van der Waals surface area contributed by atoms with Crippen LogP contribution in [0.5, 0.6) is 23.0 Å². The lowest BCUT2D eigenvalue weighted by atomic mass is 9.94. The fraction of sp³-hybridized carbons (Fsp3) is 0.467. The highest BCUT2D eigenvalue weighted by Gasteiger charge is 2.46. The first-order chi connectivity index (χ1) is 19.4. The van der Waals surface area contributed by atoms with Crippen LogP contribution >= 0.6 is 0 Å². The summed E-state index contributed by atoms with van der Waals surface area (Å²) in [6.07, 6.45) is 1.38. The lowest BCUT2D eigenvalue weighted by Gasteiger charge is -2.29. The lowest BCUT2D eigenvalue weighted by Crippen LogP contribution is -2.39. The van der Waals surface area contributed by atoms with Crippen molar-refractivity contribution in [1.82, 2.24) is 9.80 Å². The number of morpholine rings is 1. The van der Waals surface area contributed by atoms with Gasteiger partial charge < -0.3 is 33.7 Å². The van der Waals surface area contributed by atoms with Gasteiger partial charge in [-0.05, 0) is 54.8 Å². The Balaban J connectivity index is 1.57. The van der Waals surface area contributed by atoms with Gasteiger partial charge in [-0.3, -0.25) is 14.5 Å². The Morgan fingerprint density at radius 2 is 1.70 bits per heavy atom. The Kier molecular flexibility index (Phi) is 8.18. The molecule has 0 spiro atoms. The summed E-state index contributed by atoms with van der Waals surface area (Å²) in [4.78, 5) is 30.8. The summed E-state index contributed by atoms with van der Waals surface area (Å²) in [6, 6.07) is 7.93. The van der Waals surface area contributed by atoms with Gasteiger partial charge in [-0.15, -0.1) is 0 Å². The van der Waals surface area contributed by atoms with E-state index in [-0.39, 0.29) is 17.4 Å². The van der Waals surface area contributed by atoms with Crippen molar-refractivity contribution in [3.05, 3.63) is 52.6 Å². The third kappa shape index (κ3) is 5.21. The maximum Gasteiger partial charge on any atom is 0.295 e. The third-order valence-electron chi connectivity index (χ3n) is 7.69. The molecule has 10 heteroatoms. The summed E-state index contributed by atoms with van der Waals surface area (Å²) >= 11 is 0. The first-order valence-corrected chi connectivity index (χ1v) is 13.5. The van der Waals surface area contributed by atoms with Crippen molar-refractivity contribution in [2.45, 2.75) is 31.9 Å². The zero-order valence-corrected chi connectivity index (χ0v) is 23.4.